The summed E-state index contributed by atoms with van der Waals surface area (Å²) >= 11 is 3.54. The number of nitrogens with one attached hydrogen (secondary N) is 2. The Hall–Kier alpha value is -1.55. The van der Waals surface area contributed by atoms with E-state index in [0.717, 1.165) is 20.9 Å². The zero-order valence-corrected chi connectivity index (χ0v) is 13.5. The zero-order chi connectivity index (χ0) is 14.8. The van der Waals surface area contributed by atoms with Crippen molar-refractivity contribution in [3.05, 3.63) is 40.9 Å². The minimum absolute atomic E-state index is 0.00972. The van der Waals surface area contributed by atoms with Gasteiger partial charge in [0.2, 0.25) is 5.91 Å². The van der Waals surface area contributed by atoms with Gasteiger partial charge in [-0.2, -0.15) is 0 Å². The molecule has 0 saturated heterocycles. The fourth-order valence-electron chi connectivity index (χ4n) is 2.05. The summed E-state index contributed by atoms with van der Waals surface area (Å²) in [7, 11) is 0. The first-order valence-electron chi connectivity index (χ1n) is 6.59. The van der Waals surface area contributed by atoms with E-state index < -0.39 is 0 Å². The van der Waals surface area contributed by atoms with Crippen molar-refractivity contribution < 1.29 is 4.79 Å². The average molecular weight is 335 g/mol. The van der Waals surface area contributed by atoms with Crippen molar-refractivity contribution in [3.63, 3.8) is 0 Å². The smallest absolute Gasteiger partial charge is 0.239 e. The van der Waals surface area contributed by atoms with Gasteiger partial charge < -0.3 is 10.6 Å². The molecular formula is C16H19BrN2O. The standard InChI is InChI=1S/C16H19BrN2O/c1-16(2,3)19-15(20)10-18-14-9-8-13(17)11-6-4-5-7-12(11)14/h4-9,18H,10H2,1-3H3,(H,19,20). The number of carbonyl (C=O) groups is 1. The van der Waals surface area contributed by atoms with Crippen molar-refractivity contribution in [2.24, 2.45) is 0 Å². The van der Waals surface area contributed by atoms with E-state index in [1.54, 1.807) is 0 Å². The van der Waals surface area contributed by atoms with E-state index >= 15 is 0 Å². The molecule has 0 bridgehead atoms. The maximum atomic E-state index is 11.9. The lowest BCUT2D eigenvalue weighted by atomic mass is 10.1. The summed E-state index contributed by atoms with van der Waals surface area (Å²) in [6.45, 7) is 6.18. The molecule has 0 aliphatic heterocycles. The van der Waals surface area contributed by atoms with Gasteiger partial charge >= 0.3 is 0 Å². The third-order valence-corrected chi connectivity index (χ3v) is 3.52. The Labute approximate surface area is 127 Å². The van der Waals surface area contributed by atoms with Crippen LogP contribution in [-0.2, 0) is 4.79 Å². The van der Waals surface area contributed by atoms with Gasteiger partial charge in [-0.15, -0.1) is 0 Å². The van der Waals surface area contributed by atoms with Crippen LogP contribution in [0, 0.1) is 0 Å². The number of rotatable bonds is 3. The van der Waals surface area contributed by atoms with Crippen molar-refractivity contribution >= 4 is 38.3 Å². The summed E-state index contributed by atoms with van der Waals surface area (Å²) in [5, 5.41) is 8.38. The Balaban J connectivity index is 2.15. The molecule has 0 fully saturated rings. The molecule has 2 rings (SSSR count). The van der Waals surface area contributed by atoms with E-state index in [1.807, 2.05) is 51.1 Å². The van der Waals surface area contributed by atoms with Gasteiger partial charge in [-0.3, -0.25) is 4.79 Å². The zero-order valence-electron chi connectivity index (χ0n) is 12.0. The van der Waals surface area contributed by atoms with Gasteiger partial charge in [-0.05, 0) is 38.3 Å². The second-order valence-corrected chi connectivity index (χ2v) is 6.65. The molecule has 106 valence electrons. The van der Waals surface area contributed by atoms with E-state index in [0.29, 0.717) is 0 Å². The van der Waals surface area contributed by atoms with Gasteiger partial charge in [0.1, 0.15) is 0 Å². The number of hydrogen-bond donors (Lipinski definition) is 2. The van der Waals surface area contributed by atoms with Crippen LogP contribution in [0.25, 0.3) is 10.8 Å². The molecule has 2 aromatic rings. The number of halogens is 1. The van der Waals surface area contributed by atoms with Crippen molar-refractivity contribution in [1.82, 2.24) is 5.32 Å². The van der Waals surface area contributed by atoms with E-state index in [2.05, 4.69) is 32.6 Å². The molecule has 4 heteroatoms. The molecule has 0 saturated carbocycles. The second-order valence-electron chi connectivity index (χ2n) is 5.79. The van der Waals surface area contributed by atoms with E-state index in [9.17, 15) is 4.79 Å². The van der Waals surface area contributed by atoms with Gasteiger partial charge in [0, 0.05) is 21.1 Å². The molecule has 20 heavy (non-hydrogen) atoms. The monoisotopic (exact) mass is 334 g/mol. The van der Waals surface area contributed by atoms with Crippen molar-refractivity contribution in [2.45, 2.75) is 26.3 Å². The van der Waals surface area contributed by atoms with Crippen LogP contribution in [0.4, 0.5) is 5.69 Å². The van der Waals surface area contributed by atoms with Gasteiger partial charge in [-0.25, -0.2) is 0 Å². The number of anilines is 1. The van der Waals surface area contributed by atoms with Crippen LogP contribution >= 0.6 is 15.9 Å². The van der Waals surface area contributed by atoms with Gasteiger partial charge in [0.25, 0.3) is 0 Å². The normalized spacial score (nSPS) is 11.4. The minimum atomic E-state index is -0.208. The first-order chi connectivity index (χ1) is 9.37. The number of fused-ring (bicyclic) bond motifs is 1. The Morgan fingerprint density at radius 2 is 1.75 bits per heavy atom. The molecule has 0 atom stereocenters. The summed E-state index contributed by atoms with van der Waals surface area (Å²) in [6.07, 6.45) is 0. The first-order valence-corrected chi connectivity index (χ1v) is 7.38. The number of amides is 1. The Morgan fingerprint density at radius 1 is 1.10 bits per heavy atom. The molecule has 0 aromatic heterocycles. The lowest BCUT2D eigenvalue weighted by Crippen LogP contribution is -2.43. The second kappa shape index (κ2) is 5.83. The number of hydrogen-bond acceptors (Lipinski definition) is 2. The van der Waals surface area contributed by atoms with E-state index in [-0.39, 0.29) is 18.0 Å². The van der Waals surface area contributed by atoms with Crippen LogP contribution in [0.2, 0.25) is 0 Å². The highest BCUT2D eigenvalue weighted by molar-refractivity contribution is 9.10. The van der Waals surface area contributed by atoms with Crippen LogP contribution in [-0.4, -0.2) is 18.0 Å². The quantitative estimate of drug-likeness (QED) is 0.892. The number of carbonyl (C=O) groups excluding carboxylic acids is 1. The third kappa shape index (κ3) is 3.73. The highest BCUT2D eigenvalue weighted by Gasteiger charge is 2.13. The lowest BCUT2D eigenvalue weighted by molar-refractivity contribution is -0.120. The minimum Gasteiger partial charge on any atom is -0.376 e. The Morgan fingerprint density at radius 3 is 2.40 bits per heavy atom. The summed E-state index contributed by atoms with van der Waals surface area (Å²) in [4.78, 5) is 11.9. The lowest BCUT2D eigenvalue weighted by Gasteiger charge is -2.21. The molecule has 2 N–H and O–H groups in total. The fraction of sp³-hybridized carbons (Fsp3) is 0.312. The summed E-state index contributed by atoms with van der Waals surface area (Å²) < 4.78 is 1.05. The maximum absolute atomic E-state index is 11.9. The van der Waals surface area contributed by atoms with Gasteiger partial charge in [0.15, 0.2) is 0 Å². The van der Waals surface area contributed by atoms with Crippen molar-refractivity contribution in [1.29, 1.82) is 0 Å². The molecule has 0 radical (unpaired) electrons. The predicted molar refractivity (Wildman–Crippen MR) is 88.0 cm³/mol. The Kier molecular flexibility index (Phi) is 4.33. The molecule has 0 aliphatic rings. The highest BCUT2D eigenvalue weighted by Crippen LogP contribution is 2.29. The van der Waals surface area contributed by atoms with Crippen LogP contribution < -0.4 is 10.6 Å². The summed E-state index contributed by atoms with van der Waals surface area (Å²) in [5.41, 5.74) is 0.758. The summed E-state index contributed by atoms with van der Waals surface area (Å²) in [6, 6.07) is 12.1. The third-order valence-electron chi connectivity index (χ3n) is 2.82. The van der Waals surface area contributed by atoms with Crippen molar-refractivity contribution in [2.75, 3.05) is 11.9 Å². The molecule has 1 amide bonds. The van der Waals surface area contributed by atoms with E-state index in [4.69, 9.17) is 0 Å². The molecule has 0 spiro atoms. The van der Waals surface area contributed by atoms with Crippen LogP contribution in [0.15, 0.2) is 40.9 Å². The molecule has 0 heterocycles. The molecular weight excluding hydrogens is 316 g/mol. The largest absolute Gasteiger partial charge is 0.376 e. The highest BCUT2D eigenvalue weighted by atomic mass is 79.9. The molecule has 3 nitrogen and oxygen atoms in total. The molecule has 2 aromatic carbocycles. The van der Waals surface area contributed by atoms with Gasteiger partial charge in [0.05, 0.1) is 6.54 Å². The fourth-order valence-corrected chi connectivity index (χ4v) is 2.53. The molecule has 0 aliphatic carbocycles. The van der Waals surface area contributed by atoms with Crippen LogP contribution in [0.3, 0.4) is 0 Å². The molecule has 0 unspecified atom stereocenters. The maximum Gasteiger partial charge on any atom is 0.239 e. The topological polar surface area (TPSA) is 41.1 Å². The van der Waals surface area contributed by atoms with E-state index in [1.165, 1.54) is 0 Å². The van der Waals surface area contributed by atoms with Crippen LogP contribution in [0.5, 0.6) is 0 Å². The predicted octanol–water partition coefficient (Wildman–Crippen LogP) is 3.93. The number of benzene rings is 2. The average Bonchev–Trinajstić information content (AvgIpc) is 2.36. The van der Waals surface area contributed by atoms with Crippen LogP contribution in [0.1, 0.15) is 20.8 Å². The first kappa shape index (κ1) is 14.9. The SMILES string of the molecule is CC(C)(C)NC(=O)CNc1ccc(Br)c2ccccc12. The van der Waals surface area contributed by atoms with Gasteiger partial charge in [-0.1, -0.05) is 40.2 Å². The Bertz CT molecular complexity index is 632. The summed E-state index contributed by atoms with van der Waals surface area (Å²) in [5.74, 6) is -0.00972. The van der Waals surface area contributed by atoms with Crippen molar-refractivity contribution in [3.8, 4) is 0 Å².